The lowest BCUT2D eigenvalue weighted by Crippen LogP contribution is -2.18. The molecule has 2 atom stereocenters. The summed E-state index contributed by atoms with van der Waals surface area (Å²) in [5, 5.41) is 0. The molecule has 0 aliphatic heterocycles. The lowest BCUT2D eigenvalue weighted by molar-refractivity contribution is -0.108. The van der Waals surface area contributed by atoms with E-state index in [1.807, 2.05) is 0 Å². The van der Waals surface area contributed by atoms with Crippen molar-refractivity contribution < 1.29 is 4.79 Å². The highest BCUT2D eigenvalue weighted by molar-refractivity contribution is 5.50. The fraction of sp³-hybridized carbons (Fsp3) is 0.583. The number of hydrogen-bond acceptors (Lipinski definition) is 1. The Labute approximate surface area is 80.5 Å². The van der Waals surface area contributed by atoms with Crippen LogP contribution in [0.2, 0.25) is 0 Å². The van der Waals surface area contributed by atoms with Crippen molar-refractivity contribution in [3.8, 4) is 0 Å². The van der Waals surface area contributed by atoms with Crippen molar-refractivity contribution in [3.63, 3.8) is 0 Å². The first-order valence-electron chi connectivity index (χ1n) is 4.91. The highest BCUT2D eigenvalue weighted by Crippen LogP contribution is 2.36. The van der Waals surface area contributed by atoms with Crippen LogP contribution in [0.15, 0.2) is 24.3 Å². The highest BCUT2D eigenvalue weighted by atomic mass is 16.1. The summed E-state index contributed by atoms with van der Waals surface area (Å²) in [6.07, 6.45) is 4.96. The number of allylic oxidation sites excluding steroid dienone is 2. The Morgan fingerprint density at radius 1 is 1.69 bits per heavy atom. The molecule has 0 aromatic carbocycles. The van der Waals surface area contributed by atoms with Gasteiger partial charge in [0, 0.05) is 6.42 Å². The van der Waals surface area contributed by atoms with Crippen molar-refractivity contribution >= 4 is 6.29 Å². The van der Waals surface area contributed by atoms with Crippen LogP contribution in [-0.2, 0) is 4.79 Å². The third kappa shape index (κ3) is 2.55. The number of rotatable bonds is 3. The normalized spacial score (nSPS) is 28.5. The third-order valence-corrected chi connectivity index (χ3v) is 3.04. The van der Waals surface area contributed by atoms with Crippen molar-refractivity contribution in [2.75, 3.05) is 0 Å². The molecule has 0 radical (unpaired) electrons. The van der Waals surface area contributed by atoms with Crippen LogP contribution in [0, 0.1) is 11.8 Å². The molecule has 0 spiro atoms. The van der Waals surface area contributed by atoms with Gasteiger partial charge in [-0.15, -0.1) is 0 Å². The van der Waals surface area contributed by atoms with Crippen LogP contribution < -0.4 is 0 Å². The van der Waals surface area contributed by atoms with Gasteiger partial charge in [0.1, 0.15) is 6.29 Å². The molecule has 1 aliphatic carbocycles. The smallest absolute Gasteiger partial charge is 0.120 e. The van der Waals surface area contributed by atoms with Gasteiger partial charge in [-0.05, 0) is 38.0 Å². The molecule has 1 fully saturated rings. The van der Waals surface area contributed by atoms with Gasteiger partial charge in [0.05, 0.1) is 0 Å². The maximum Gasteiger partial charge on any atom is 0.120 e. The summed E-state index contributed by atoms with van der Waals surface area (Å²) < 4.78 is 0. The Morgan fingerprint density at radius 2 is 2.38 bits per heavy atom. The van der Waals surface area contributed by atoms with Gasteiger partial charge in [0.25, 0.3) is 0 Å². The van der Waals surface area contributed by atoms with Gasteiger partial charge in [-0.25, -0.2) is 0 Å². The zero-order valence-corrected chi connectivity index (χ0v) is 8.38. The predicted molar refractivity (Wildman–Crippen MR) is 55.5 cm³/mol. The van der Waals surface area contributed by atoms with Crippen LogP contribution in [0.3, 0.4) is 0 Å². The lowest BCUT2D eigenvalue weighted by Gasteiger charge is -2.30. The summed E-state index contributed by atoms with van der Waals surface area (Å²) in [4.78, 5) is 10.4. The van der Waals surface area contributed by atoms with Crippen LogP contribution in [0.1, 0.15) is 32.6 Å². The molecule has 0 amide bonds. The van der Waals surface area contributed by atoms with E-state index in [9.17, 15) is 4.79 Å². The average Bonchev–Trinajstić information content (AvgIpc) is 2.08. The Kier molecular flexibility index (Phi) is 3.47. The van der Waals surface area contributed by atoms with E-state index in [1.54, 1.807) is 0 Å². The molecule has 1 rings (SSSR count). The minimum absolute atomic E-state index is 0.410. The second-order valence-corrected chi connectivity index (χ2v) is 4.08. The Bertz CT molecular complexity index is 227. The molecular formula is C12H18O. The molecule has 1 nitrogen and oxygen atoms in total. The van der Waals surface area contributed by atoms with Gasteiger partial charge < -0.3 is 4.79 Å². The van der Waals surface area contributed by atoms with Crippen LogP contribution in [-0.4, -0.2) is 6.29 Å². The number of hydrogen-bond donors (Lipinski definition) is 0. The summed E-state index contributed by atoms with van der Waals surface area (Å²) in [5.74, 6) is 1.02. The zero-order chi connectivity index (χ0) is 9.84. The molecule has 2 unspecified atom stereocenters. The molecule has 1 saturated carbocycles. The molecule has 0 N–H and O–H groups in total. The van der Waals surface area contributed by atoms with Crippen molar-refractivity contribution in [2.24, 2.45) is 11.8 Å². The molecule has 1 aliphatic rings. The molecule has 0 aromatic rings. The molecule has 0 heterocycles. The summed E-state index contributed by atoms with van der Waals surface area (Å²) in [6.45, 7) is 10.1. The van der Waals surface area contributed by atoms with Gasteiger partial charge in [-0.2, -0.15) is 0 Å². The Balaban J connectivity index is 2.57. The van der Waals surface area contributed by atoms with Crippen LogP contribution >= 0.6 is 0 Å². The van der Waals surface area contributed by atoms with E-state index in [0.29, 0.717) is 18.3 Å². The third-order valence-electron chi connectivity index (χ3n) is 3.04. The number of carbonyl (C=O) groups is 1. The molecule has 1 heteroatoms. The molecule has 0 aromatic heterocycles. The van der Waals surface area contributed by atoms with Crippen LogP contribution in [0.25, 0.3) is 0 Å². The SMILES string of the molecule is C=C(C)C1CCC(=C)C(CC=O)C1. The van der Waals surface area contributed by atoms with Gasteiger partial charge in [0.15, 0.2) is 0 Å². The van der Waals surface area contributed by atoms with Gasteiger partial charge in [0.2, 0.25) is 0 Å². The minimum Gasteiger partial charge on any atom is -0.303 e. The molecule has 0 bridgehead atoms. The Morgan fingerprint density at radius 3 is 2.92 bits per heavy atom. The van der Waals surface area contributed by atoms with Gasteiger partial charge in [-0.3, -0.25) is 0 Å². The quantitative estimate of drug-likeness (QED) is 0.479. The van der Waals surface area contributed by atoms with Crippen LogP contribution in [0.5, 0.6) is 0 Å². The van der Waals surface area contributed by atoms with Crippen LogP contribution in [0.4, 0.5) is 0 Å². The predicted octanol–water partition coefficient (Wildman–Crippen LogP) is 3.12. The number of aldehydes is 1. The average molecular weight is 178 g/mol. The summed E-state index contributed by atoms with van der Waals surface area (Å²) >= 11 is 0. The first-order chi connectivity index (χ1) is 6.15. The molecule has 13 heavy (non-hydrogen) atoms. The maximum absolute atomic E-state index is 10.4. The zero-order valence-electron chi connectivity index (χ0n) is 8.38. The maximum atomic E-state index is 10.4. The largest absolute Gasteiger partial charge is 0.303 e. The van der Waals surface area contributed by atoms with E-state index in [-0.39, 0.29) is 0 Å². The first-order valence-corrected chi connectivity index (χ1v) is 4.91. The highest BCUT2D eigenvalue weighted by Gasteiger charge is 2.24. The van der Waals surface area contributed by atoms with Crippen molar-refractivity contribution in [1.29, 1.82) is 0 Å². The monoisotopic (exact) mass is 178 g/mol. The number of carbonyl (C=O) groups excluding carboxylic acids is 1. The van der Waals surface area contributed by atoms with Crippen molar-refractivity contribution in [2.45, 2.75) is 32.6 Å². The second-order valence-electron chi connectivity index (χ2n) is 4.08. The molecular weight excluding hydrogens is 160 g/mol. The van der Waals surface area contributed by atoms with E-state index < -0.39 is 0 Å². The van der Waals surface area contributed by atoms with Gasteiger partial charge >= 0.3 is 0 Å². The van der Waals surface area contributed by atoms with E-state index >= 15 is 0 Å². The summed E-state index contributed by atoms with van der Waals surface area (Å²) in [5.41, 5.74) is 2.51. The van der Waals surface area contributed by atoms with E-state index in [2.05, 4.69) is 20.1 Å². The standard InChI is InChI=1S/C12H18O/c1-9(2)11-5-4-10(3)12(8-11)6-7-13/h7,11-12H,1,3-6,8H2,2H3. The van der Waals surface area contributed by atoms with Crippen molar-refractivity contribution in [1.82, 2.24) is 0 Å². The molecule has 0 saturated heterocycles. The molecule has 72 valence electrons. The van der Waals surface area contributed by atoms with Crippen molar-refractivity contribution in [3.05, 3.63) is 24.3 Å². The second kappa shape index (κ2) is 4.40. The first kappa shape index (κ1) is 10.2. The van der Waals surface area contributed by atoms with E-state index in [1.165, 1.54) is 17.6 Å². The Hall–Kier alpha value is -0.850. The van der Waals surface area contributed by atoms with E-state index in [4.69, 9.17) is 0 Å². The summed E-state index contributed by atoms with van der Waals surface area (Å²) in [7, 11) is 0. The summed E-state index contributed by atoms with van der Waals surface area (Å²) in [6, 6.07) is 0. The lowest BCUT2D eigenvalue weighted by atomic mass is 9.75. The van der Waals surface area contributed by atoms with E-state index in [0.717, 1.165) is 19.1 Å². The topological polar surface area (TPSA) is 17.1 Å². The van der Waals surface area contributed by atoms with Gasteiger partial charge in [-0.1, -0.05) is 24.3 Å². The minimum atomic E-state index is 0.410. The fourth-order valence-corrected chi connectivity index (χ4v) is 2.02. The fourth-order valence-electron chi connectivity index (χ4n) is 2.02.